The zero-order chi connectivity index (χ0) is 13.9. The number of nitrogens with two attached hydrogens (primary N) is 1. The van der Waals surface area contributed by atoms with Crippen molar-refractivity contribution in [2.45, 2.75) is 12.6 Å². The highest BCUT2D eigenvalue weighted by Gasteiger charge is 2.27. The van der Waals surface area contributed by atoms with Crippen LogP contribution >= 0.6 is 0 Å². The highest BCUT2D eigenvalue weighted by molar-refractivity contribution is 5.92. The highest BCUT2D eigenvalue weighted by atomic mass is 16.1. The van der Waals surface area contributed by atoms with E-state index >= 15 is 0 Å². The van der Waals surface area contributed by atoms with E-state index in [1.807, 2.05) is 24.3 Å². The first-order chi connectivity index (χ1) is 9.72. The number of piperazine rings is 1. The van der Waals surface area contributed by atoms with Gasteiger partial charge in [0.25, 0.3) is 0 Å². The third-order valence-electron chi connectivity index (χ3n) is 4.33. The van der Waals surface area contributed by atoms with E-state index in [0.29, 0.717) is 5.56 Å². The number of carbonyl (C=O) groups is 1. The molecule has 1 aromatic rings. The van der Waals surface area contributed by atoms with Gasteiger partial charge >= 0.3 is 0 Å². The van der Waals surface area contributed by atoms with Crippen LogP contribution in [0.3, 0.4) is 0 Å². The van der Waals surface area contributed by atoms with Crippen molar-refractivity contribution in [3.8, 4) is 0 Å². The number of benzene rings is 1. The number of carbonyl (C=O) groups excluding carboxylic acids is 1. The van der Waals surface area contributed by atoms with Crippen molar-refractivity contribution >= 4 is 5.91 Å². The summed E-state index contributed by atoms with van der Waals surface area (Å²) >= 11 is 0. The first kappa shape index (κ1) is 13.5. The molecule has 0 aromatic heterocycles. The minimum Gasteiger partial charge on any atom is -0.366 e. The fourth-order valence-electron chi connectivity index (χ4n) is 2.85. The molecule has 108 valence electrons. The van der Waals surface area contributed by atoms with Crippen molar-refractivity contribution in [3.05, 3.63) is 35.4 Å². The maximum Gasteiger partial charge on any atom is 0.248 e. The van der Waals surface area contributed by atoms with Gasteiger partial charge in [0, 0.05) is 57.4 Å². The molecule has 2 aliphatic rings. The van der Waals surface area contributed by atoms with Gasteiger partial charge in [0.2, 0.25) is 5.91 Å². The second kappa shape index (κ2) is 5.91. The molecule has 2 fully saturated rings. The maximum absolute atomic E-state index is 11.0. The molecule has 1 amide bonds. The molecule has 3 N–H and O–H groups in total. The number of nitrogens with zero attached hydrogens (tertiary/aromatic N) is 2. The van der Waals surface area contributed by atoms with Gasteiger partial charge in [0.15, 0.2) is 0 Å². The molecule has 20 heavy (non-hydrogen) atoms. The van der Waals surface area contributed by atoms with Crippen molar-refractivity contribution in [2.24, 2.45) is 5.73 Å². The van der Waals surface area contributed by atoms with Crippen LogP contribution in [0.25, 0.3) is 0 Å². The average Bonchev–Trinajstić information content (AvgIpc) is 2.39. The van der Waals surface area contributed by atoms with Gasteiger partial charge in [-0.05, 0) is 17.7 Å². The first-order valence-electron chi connectivity index (χ1n) is 7.28. The third kappa shape index (κ3) is 3.00. The maximum atomic E-state index is 11.0. The van der Waals surface area contributed by atoms with E-state index in [4.69, 9.17) is 5.73 Å². The number of nitrogens with one attached hydrogen (secondary N) is 1. The molecule has 3 rings (SSSR count). The Morgan fingerprint density at radius 1 is 1.15 bits per heavy atom. The van der Waals surface area contributed by atoms with Crippen LogP contribution in [0.15, 0.2) is 24.3 Å². The topological polar surface area (TPSA) is 61.6 Å². The molecule has 5 heteroatoms. The third-order valence-corrected chi connectivity index (χ3v) is 4.33. The summed E-state index contributed by atoms with van der Waals surface area (Å²) in [5.41, 5.74) is 7.07. The van der Waals surface area contributed by atoms with Gasteiger partial charge in [-0.2, -0.15) is 0 Å². The standard InChI is InChI=1S/C15H22N4O/c16-15(20)13-3-1-12(2-4-13)11-18-5-7-19(8-6-18)14-9-17-10-14/h1-4,14,17H,5-11H2,(H2,16,20). The van der Waals surface area contributed by atoms with Gasteiger partial charge in [0.05, 0.1) is 0 Å². The van der Waals surface area contributed by atoms with E-state index < -0.39 is 0 Å². The monoisotopic (exact) mass is 274 g/mol. The Bertz CT molecular complexity index is 461. The summed E-state index contributed by atoms with van der Waals surface area (Å²) in [5.74, 6) is -0.362. The Kier molecular flexibility index (Phi) is 4.00. The lowest BCUT2D eigenvalue weighted by Crippen LogP contribution is -2.61. The Morgan fingerprint density at radius 2 is 1.80 bits per heavy atom. The molecule has 2 saturated heterocycles. The highest BCUT2D eigenvalue weighted by Crippen LogP contribution is 2.13. The zero-order valence-electron chi connectivity index (χ0n) is 11.7. The van der Waals surface area contributed by atoms with Crippen molar-refractivity contribution in [3.63, 3.8) is 0 Å². The van der Waals surface area contributed by atoms with Crippen LogP contribution in [0.4, 0.5) is 0 Å². The second-order valence-corrected chi connectivity index (χ2v) is 5.69. The van der Waals surface area contributed by atoms with Gasteiger partial charge in [-0.1, -0.05) is 12.1 Å². The number of hydrogen-bond acceptors (Lipinski definition) is 4. The van der Waals surface area contributed by atoms with Gasteiger partial charge in [0.1, 0.15) is 0 Å². The molecule has 1 aromatic carbocycles. The van der Waals surface area contributed by atoms with Crippen LogP contribution in [-0.4, -0.2) is 61.0 Å². The molecule has 0 atom stereocenters. The number of primary amides is 1. The molecule has 0 spiro atoms. The molecule has 2 aliphatic heterocycles. The zero-order valence-corrected chi connectivity index (χ0v) is 11.7. The van der Waals surface area contributed by atoms with E-state index in [2.05, 4.69) is 15.1 Å². The van der Waals surface area contributed by atoms with Crippen molar-refractivity contribution in [1.29, 1.82) is 0 Å². The SMILES string of the molecule is NC(=O)c1ccc(CN2CCN(C3CNC3)CC2)cc1. The Hall–Kier alpha value is -1.43. The Morgan fingerprint density at radius 3 is 2.30 bits per heavy atom. The molecule has 2 heterocycles. The van der Waals surface area contributed by atoms with E-state index in [0.717, 1.165) is 51.9 Å². The van der Waals surface area contributed by atoms with Crippen molar-refractivity contribution < 1.29 is 4.79 Å². The van der Waals surface area contributed by atoms with Gasteiger partial charge < -0.3 is 11.1 Å². The lowest BCUT2D eigenvalue weighted by Gasteiger charge is -2.43. The smallest absolute Gasteiger partial charge is 0.248 e. The number of amides is 1. The summed E-state index contributed by atoms with van der Waals surface area (Å²) in [6.45, 7) is 7.80. The molecule has 0 bridgehead atoms. The lowest BCUT2D eigenvalue weighted by molar-refractivity contribution is 0.0695. The summed E-state index contributed by atoms with van der Waals surface area (Å²) in [5, 5.41) is 3.33. The number of rotatable bonds is 4. The summed E-state index contributed by atoms with van der Waals surface area (Å²) in [6, 6.07) is 8.39. The Labute approximate surface area is 119 Å². The van der Waals surface area contributed by atoms with E-state index in [-0.39, 0.29) is 5.91 Å². The summed E-state index contributed by atoms with van der Waals surface area (Å²) < 4.78 is 0. The summed E-state index contributed by atoms with van der Waals surface area (Å²) in [4.78, 5) is 16.1. The normalized spacial score (nSPS) is 21.6. The minimum absolute atomic E-state index is 0.362. The van der Waals surface area contributed by atoms with Crippen LogP contribution in [0, 0.1) is 0 Å². The predicted octanol–water partition coefficient (Wildman–Crippen LogP) is -0.125. The quantitative estimate of drug-likeness (QED) is 0.803. The average molecular weight is 274 g/mol. The second-order valence-electron chi connectivity index (χ2n) is 5.69. The largest absolute Gasteiger partial charge is 0.366 e. The van der Waals surface area contributed by atoms with Gasteiger partial charge in [-0.15, -0.1) is 0 Å². The molecule has 0 saturated carbocycles. The first-order valence-corrected chi connectivity index (χ1v) is 7.28. The summed E-state index contributed by atoms with van der Waals surface area (Å²) in [7, 11) is 0. The van der Waals surface area contributed by atoms with Crippen molar-refractivity contribution in [1.82, 2.24) is 15.1 Å². The fourth-order valence-corrected chi connectivity index (χ4v) is 2.85. The molecular formula is C15H22N4O. The lowest BCUT2D eigenvalue weighted by atomic mass is 10.1. The van der Waals surface area contributed by atoms with Crippen molar-refractivity contribution in [2.75, 3.05) is 39.3 Å². The van der Waals surface area contributed by atoms with Gasteiger partial charge in [-0.3, -0.25) is 14.6 Å². The molecular weight excluding hydrogens is 252 g/mol. The van der Waals surface area contributed by atoms with E-state index in [1.165, 1.54) is 5.56 Å². The molecule has 0 aliphatic carbocycles. The van der Waals surface area contributed by atoms with Gasteiger partial charge in [-0.25, -0.2) is 0 Å². The fraction of sp³-hybridized carbons (Fsp3) is 0.533. The van der Waals surface area contributed by atoms with E-state index in [9.17, 15) is 4.79 Å². The predicted molar refractivity (Wildman–Crippen MR) is 78.5 cm³/mol. The Balaban J connectivity index is 1.50. The van der Waals surface area contributed by atoms with Crippen LogP contribution in [0.5, 0.6) is 0 Å². The molecule has 0 radical (unpaired) electrons. The molecule has 5 nitrogen and oxygen atoms in total. The van der Waals surface area contributed by atoms with Crippen LogP contribution in [-0.2, 0) is 6.54 Å². The van der Waals surface area contributed by atoms with E-state index in [1.54, 1.807) is 0 Å². The number of hydrogen-bond donors (Lipinski definition) is 2. The van der Waals surface area contributed by atoms with Crippen LogP contribution in [0.1, 0.15) is 15.9 Å². The van der Waals surface area contributed by atoms with Crippen LogP contribution < -0.4 is 11.1 Å². The summed E-state index contributed by atoms with van der Waals surface area (Å²) in [6.07, 6.45) is 0. The molecule has 0 unspecified atom stereocenters. The minimum atomic E-state index is -0.362. The van der Waals surface area contributed by atoms with Crippen LogP contribution in [0.2, 0.25) is 0 Å².